The second-order valence-electron chi connectivity index (χ2n) is 5.16. The van der Waals surface area contributed by atoms with Crippen molar-refractivity contribution in [1.29, 1.82) is 0 Å². The Hall–Kier alpha value is -1.97. The molecule has 0 spiro atoms. The number of imidazole rings is 1. The van der Waals surface area contributed by atoms with Gasteiger partial charge in [-0.25, -0.2) is 4.98 Å². The van der Waals surface area contributed by atoms with Crippen molar-refractivity contribution in [1.82, 2.24) is 14.9 Å². The highest BCUT2D eigenvalue weighted by Gasteiger charge is 2.42. The van der Waals surface area contributed by atoms with Crippen molar-refractivity contribution in [2.45, 2.75) is 37.6 Å². The lowest BCUT2D eigenvalue weighted by Gasteiger charge is -2.37. The normalized spacial score (nSPS) is 27.1. The van der Waals surface area contributed by atoms with E-state index in [0.29, 0.717) is 5.69 Å². The van der Waals surface area contributed by atoms with Crippen LogP contribution in [0.25, 0.3) is 0 Å². The van der Waals surface area contributed by atoms with Gasteiger partial charge in [0.2, 0.25) is 5.91 Å². The number of nitrogens with zero attached hydrogens (tertiary/aromatic N) is 2. The van der Waals surface area contributed by atoms with Crippen LogP contribution in [-0.2, 0) is 20.7 Å². The molecule has 4 atom stereocenters. The second kappa shape index (κ2) is 6.42. The number of hydrogen-bond donors (Lipinski definition) is 4. The predicted octanol–water partition coefficient (Wildman–Crippen LogP) is -1.96. The first-order valence-electron chi connectivity index (χ1n) is 6.77. The maximum absolute atomic E-state index is 11.3. The van der Waals surface area contributed by atoms with Gasteiger partial charge in [-0.05, 0) is 0 Å². The summed E-state index contributed by atoms with van der Waals surface area (Å²) in [6.45, 7) is 0.853. The molecule has 0 saturated carbocycles. The van der Waals surface area contributed by atoms with Gasteiger partial charge >= 0.3 is 5.97 Å². The molecule has 0 aliphatic carbocycles. The Labute approximate surface area is 126 Å². The Kier molecular flexibility index (Phi) is 4.79. The molecule has 1 aliphatic heterocycles. The molecule has 4 N–H and O–H groups in total. The molecule has 0 radical (unpaired) electrons. The van der Waals surface area contributed by atoms with Crippen molar-refractivity contribution >= 4 is 11.9 Å². The maximum atomic E-state index is 11.3. The highest BCUT2D eigenvalue weighted by Crippen LogP contribution is 2.32. The Morgan fingerprint density at radius 3 is 2.64 bits per heavy atom. The number of aromatic nitrogens is 2. The van der Waals surface area contributed by atoms with Crippen LogP contribution in [0, 0.1) is 0 Å². The van der Waals surface area contributed by atoms with Crippen LogP contribution in [0.5, 0.6) is 0 Å². The van der Waals surface area contributed by atoms with E-state index >= 15 is 0 Å². The van der Waals surface area contributed by atoms with E-state index in [9.17, 15) is 24.9 Å². The molecule has 0 fully saturated rings. The third-order valence-electron chi connectivity index (χ3n) is 3.63. The summed E-state index contributed by atoms with van der Waals surface area (Å²) >= 11 is 0. The molecule has 122 valence electrons. The number of hydrogen-bond acceptors (Lipinski definition) is 7. The number of ether oxygens (including phenoxy) is 1. The van der Waals surface area contributed by atoms with Crippen molar-refractivity contribution in [3.05, 3.63) is 17.7 Å². The lowest BCUT2D eigenvalue weighted by molar-refractivity contribution is -0.139. The number of amides is 1. The number of methoxy groups -OCH3 is 1. The van der Waals surface area contributed by atoms with Crippen LogP contribution in [0.3, 0.4) is 0 Å². The maximum Gasteiger partial charge on any atom is 0.311 e. The van der Waals surface area contributed by atoms with E-state index in [1.807, 2.05) is 0 Å². The van der Waals surface area contributed by atoms with E-state index in [0.717, 1.165) is 0 Å². The highest BCUT2D eigenvalue weighted by atomic mass is 16.5. The highest BCUT2D eigenvalue weighted by molar-refractivity contribution is 5.73. The number of nitrogens with one attached hydrogen (secondary N) is 1. The molecular weight excluding hydrogens is 294 g/mol. The van der Waals surface area contributed by atoms with Gasteiger partial charge in [-0.15, -0.1) is 0 Å². The molecule has 9 heteroatoms. The van der Waals surface area contributed by atoms with E-state index in [1.54, 1.807) is 0 Å². The van der Waals surface area contributed by atoms with Crippen LogP contribution >= 0.6 is 0 Å². The van der Waals surface area contributed by atoms with Crippen LogP contribution in [0.4, 0.5) is 0 Å². The molecule has 22 heavy (non-hydrogen) atoms. The summed E-state index contributed by atoms with van der Waals surface area (Å²) in [5, 5.41) is 32.2. The molecule has 3 unspecified atom stereocenters. The lowest BCUT2D eigenvalue weighted by Crippen LogP contribution is -2.51. The van der Waals surface area contributed by atoms with Crippen LogP contribution in [0.1, 0.15) is 30.5 Å². The largest absolute Gasteiger partial charge is 0.469 e. The third kappa shape index (κ3) is 2.96. The lowest BCUT2D eigenvalue weighted by atomic mass is 9.94. The number of rotatable bonds is 4. The molecule has 0 aromatic carbocycles. The van der Waals surface area contributed by atoms with E-state index in [2.05, 4.69) is 15.0 Å². The van der Waals surface area contributed by atoms with Gasteiger partial charge in [0.05, 0.1) is 31.9 Å². The summed E-state index contributed by atoms with van der Waals surface area (Å²) in [6, 6.07) is -1.74. The zero-order valence-corrected chi connectivity index (χ0v) is 12.3. The van der Waals surface area contributed by atoms with Gasteiger partial charge in [-0.3, -0.25) is 9.59 Å². The standard InChI is InChI=1S/C13H19N3O6/c1-6(18)14-10-12(21)11(20)8(5-17)16-4-7(15-13(10)16)3-9(19)22-2/h4,8,10-12,17,20-21H,3,5H2,1-2H3,(H,14,18)/t8?,10?,11-,12?/m1/s1. The van der Waals surface area contributed by atoms with Gasteiger partial charge in [0, 0.05) is 13.1 Å². The fourth-order valence-corrected chi connectivity index (χ4v) is 2.57. The predicted molar refractivity (Wildman–Crippen MR) is 72.6 cm³/mol. The minimum atomic E-state index is -1.32. The second-order valence-corrected chi connectivity index (χ2v) is 5.16. The average Bonchev–Trinajstić information content (AvgIpc) is 2.87. The SMILES string of the molecule is COC(=O)Cc1cn2c(n1)C(NC(C)=O)C(O)[C@H](O)C2CO. The van der Waals surface area contributed by atoms with Crippen LogP contribution in [-0.4, -0.2) is 62.7 Å². The van der Waals surface area contributed by atoms with Crippen LogP contribution in [0.15, 0.2) is 6.20 Å². The summed E-state index contributed by atoms with van der Waals surface area (Å²) in [5.74, 6) is -0.623. The molecule has 0 saturated heterocycles. The molecule has 1 aromatic rings. The Balaban J connectivity index is 2.42. The monoisotopic (exact) mass is 313 g/mol. The number of aliphatic hydroxyl groups is 3. The Morgan fingerprint density at radius 1 is 1.41 bits per heavy atom. The van der Waals surface area contributed by atoms with E-state index in [-0.39, 0.29) is 12.2 Å². The van der Waals surface area contributed by atoms with Crippen molar-refractivity contribution in [2.75, 3.05) is 13.7 Å². The topological polar surface area (TPSA) is 134 Å². The smallest absolute Gasteiger partial charge is 0.311 e. The van der Waals surface area contributed by atoms with Crippen molar-refractivity contribution in [3.8, 4) is 0 Å². The van der Waals surface area contributed by atoms with Gasteiger partial charge in [-0.1, -0.05) is 0 Å². The third-order valence-corrected chi connectivity index (χ3v) is 3.63. The summed E-state index contributed by atoms with van der Waals surface area (Å²) < 4.78 is 6.04. The number of carbonyl (C=O) groups excluding carboxylic acids is 2. The summed E-state index contributed by atoms with van der Waals surface area (Å²) in [5.41, 5.74) is 0.358. The first kappa shape index (κ1) is 16.4. The van der Waals surface area contributed by atoms with Crippen LogP contribution < -0.4 is 5.32 Å². The number of fused-ring (bicyclic) bond motifs is 1. The van der Waals surface area contributed by atoms with Crippen molar-refractivity contribution in [2.24, 2.45) is 0 Å². The molecule has 0 bridgehead atoms. The number of esters is 1. The fraction of sp³-hybridized carbons (Fsp3) is 0.615. The molecule has 1 aliphatic rings. The van der Waals surface area contributed by atoms with Gasteiger partial charge in [0.15, 0.2) is 0 Å². The quantitative estimate of drug-likeness (QED) is 0.474. The van der Waals surface area contributed by atoms with Crippen molar-refractivity contribution < 1.29 is 29.6 Å². The van der Waals surface area contributed by atoms with Gasteiger partial charge in [0.25, 0.3) is 0 Å². The number of aliphatic hydroxyl groups excluding tert-OH is 3. The molecular formula is C13H19N3O6. The zero-order valence-electron chi connectivity index (χ0n) is 12.3. The summed E-state index contributed by atoms with van der Waals surface area (Å²) in [4.78, 5) is 26.9. The van der Waals surface area contributed by atoms with Gasteiger partial charge in [-0.2, -0.15) is 0 Å². The Morgan fingerprint density at radius 2 is 2.09 bits per heavy atom. The van der Waals surface area contributed by atoms with Crippen molar-refractivity contribution in [3.63, 3.8) is 0 Å². The zero-order chi connectivity index (χ0) is 16.4. The van der Waals surface area contributed by atoms with E-state index in [4.69, 9.17) is 0 Å². The first-order valence-corrected chi connectivity index (χ1v) is 6.77. The first-order chi connectivity index (χ1) is 10.4. The number of carbonyl (C=O) groups is 2. The van der Waals surface area contributed by atoms with Gasteiger partial charge in [0.1, 0.15) is 24.1 Å². The molecule has 2 rings (SSSR count). The summed E-state index contributed by atoms with van der Waals surface area (Å²) in [6.07, 6.45) is -1.19. The summed E-state index contributed by atoms with van der Waals surface area (Å²) in [7, 11) is 1.25. The molecule has 2 heterocycles. The molecule has 9 nitrogen and oxygen atoms in total. The van der Waals surface area contributed by atoms with E-state index in [1.165, 1.54) is 24.8 Å². The minimum Gasteiger partial charge on any atom is -0.469 e. The molecule has 1 amide bonds. The fourth-order valence-electron chi connectivity index (χ4n) is 2.57. The van der Waals surface area contributed by atoms with E-state index < -0.39 is 42.8 Å². The van der Waals surface area contributed by atoms with Gasteiger partial charge < -0.3 is 29.9 Å². The Bertz CT molecular complexity index is 572. The molecule has 1 aromatic heterocycles. The van der Waals surface area contributed by atoms with Crippen LogP contribution in [0.2, 0.25) is 0 Å². The minimum absolute atomic E-state index is 0.0897. The average molecular weight is 313 g/mol.